The number of alkyl halides is 2. The lowest BCUT2D eigenvalue weighted by Gasteiger charge is -2.20. The third-order valence-electron chi connectivity index (χ3n) is 7.38. The highest BCUT2D eigenvalue weighted by Crippen LogP contribution is 2.40. The van der Waals surface area contributed by atoms with E-state index in [9.17, 15) is 18.4 Å². The van der Waals surface area contributed by atoms with Crippen molar-refractivity contribution in [3.8, 4) is 11.5 Å². The molecule has 1 fully saturated rings. The van der Waals surface area contributed by atoms with E-state index in [0.717, 1.165) is 30.7 Å². The van der Waals surface area contributed by atoms with Crippen LogP contribution in [0.3, 0.4) is 0 Å². The summed E-state index contributed by atoms with van der Waals surface area (Å²) in [7, 11) is 3.94. The fourth-order valence-corrected chi connectivity index (χ4v) is 5.90. The number of anilines is 1. The summed E-state index contributed by atoms with van der Waals surface area (Å²) in [6.45, 7) is -1.98. The number of benzene rings is 2. The Morgan fingerprint density at radius 3 is 2.61 bits per heavy atom. The number of hydrogen-bond acceptors (Lipinski definition) is 6. The number of ether oxygens (including phenoxy) is 2. The van der Waals surface area contributed by atoms with Crippen LogP contribution < -0.4 is 25.0 Å². The van der Waals surface area contributed by atoms with Gasteiger partial charge >= 0.3 is 6.61 Å². The molecule has 3 aromatic rings. The van der Waals surface area contributed by atoms with Gasteiger partial charge < -0.3 is 14.8 Å². The van der Waals surface area contributed by atoms with Crippen molar-refractivity contribution in [2.75, 3.05) is 25.1 Å². The Bertz CT molecular complexity index is 1460. The van der Waals surface area contributed by atoms with Crippen LogP contribution >= 0.6 is 9.24 Å². The Hall–Kier alpha value is -3.91. The number of carbonyl (C=O) groups is 2. The van der Waals surface area contributed by atoms with E-state index >= 15 is 4.39 Å². The average molecular weight is 584 g/mol. The van der Waals surface area contributed by atoms with Gasteiger partial charge in [0.25, 0.3) is 0 Å². The third kappa shape index (κ3) is 6.22. The number of amides is 1. The number of aromatic nitrogens is 1. The van der Waals surface area contributed by atoms with Gasteiger partial charge in [0.15, 0.2) is 5.78 Å². The maximum absolute atomic E-state index is 15.5. The minimum atomic E-state index is -2.99. The third-order valence-corrected chi connectivity index (χ3v) is 7.86. The lowest BCUT2D eigenvalue weighted by atomic mass is 9.84. The van der Waals surface area contributed by atoms with E-state index in [1.807, 2.05) is 18.3 Å². The number of rotatable bonds is 9. The van der Waals surface area contributed by atoms with Crippen molar-refractivity contribution in [2.24, 2.45) is 5.92 Å². The van der Waals surface area contributed by atoms with Gasteiger partial charge in [0.2, 0.25) is 5.91 Å². The van der Waals surface area contributed by atoms with Crippen molar-refractivity contribution in [3.63, 3.8) is 0 Å². The molecule has 0 bridgehead atoms. The Kier molecular flexibility index (Phi) is 8.59. The molecule has 1 unspecified atom stereocenters. The molecule has 7 nitrogen and oxygen atoms in total. The molecule has 11 heteroatoms. The van der Waals surface area contributed by atoms with Gasteiger partial charge in [0.1, 0.15) is 23.1 Å². The number of ketones is 1. The molecule has 2 aliphatic heterocycles. The summed E-state index contributed by atoms with van der Waals surface area (Å²) >= 11 is 0. The molecule has 1 amide bonds. The molecule has 3 heterocycles. The number of nitrogens with zero attached hydrogens (tertiary/aromatic N) is 2. The summed E-state index contributed by atoms with van der Waals surface area (Å²) in [4.78, 5) is 33.5. The monoisotopic (exact) mass is 583 g/mol. The van der Waals surface area contributed by atoms with Crippen LogP contribution in [0.1, 0.15) is 46.8 Å². The lowest BCUT2D eigenvalue weighted by Crippen LogP contribution is -2.29. The zero-order valence-electron chi connectivity index (χ0n) is 22.3. The maximum atomic E-state index is 15.5. The van der Waals surface area contributed by atoms with E-state index in [1.54, 1.807) is 12.1 Å². The van der Waals surface area contributed by atoms with Gasteiger partial charge in [0, 0.05) is 48.8 Å². The summed E-state index contributed by atoms with van der Waals surface area (Å²) in [5.41, 5.74) is 2.31. The highest BCUT2D eigenvalue weighted by atomic mass is 31.0. The largest absolute Gasteiger partial charge is 0.497 e. The van der Waals surface area contributed by atoms with Crippen molar-refractivity contribution in [2.45, 2.75) is 31.8 Å². The molecule has 0 aliphatic carbocycles. The van der Waals surface area contributed by atoms with E-state index in [2.05, 4.69) is 19.3 Å². The van der Waals surface area contributed by atoms with Crippen LogP contribution in [0.2, 0.25) is 0 Å². The van der Waals surface area contributed by atoms with Gasteiger partial charge in [0.05, 0.1) is 18.7 Å². The Morgan fingerprint density at radius 1 is 1.17 bits per heavy atom. The smallest absolute Gasteiger partial charge is 0.387 e. The van der Waals surface area contributed by atoms with E-state index < -0.39 is 24.3 Å². The summed E-state index contributed by atoms with van der Waals surface area (Å²) in [6, 6.07) is 13.7. The quantitative estimate of drug-likeness (QED) is 0.280. The predicted octanol–water partition coefficient (Wildman–Crippen LogP) is 5.08. The highest BCUT2D eigenvalue weighted by molar-refractivity contribution is 7.27. The summed E-state index contributed by atoms with van der Waals surface area (Å²) in [5.74, 6) is -2.14. The molecule has 0 spiro atoms. The molecule has 2 aromatic carbocycles. The first-order valence-corrected chi connectivity index (χ1v) is 13.7. The topological polar surface area (TPSA) is 80.8 Å². The summed E-state index contributed by atoms with van der Waals surface area (Å²) in [6.07, 6.45) is 3.54. The van der Waals surface area contributed by atoms with Crippen molar-refractivity contribution in [3.05, 3.63) is 83.4 Å². The van der Waals surface area contributed by atoms with Gasteiger partial charge in [-0.15, -0.1) is 9.24 Å². The van der Waals surface area contributed by atoms with Crippen LogP contribution in [0.5, 0.6) is 11.5 Å². The molecule has 3 atom stereocenters. The minimum absolute atomic E-state index is 0.0836. The number of halogens is 3. The van der Waals surface area contributed by atoms with Gasteiger partial charge in [-0.2, -0.15) is 8.78 Å². The second-order valence-electron chi connectivity index (χ2n) is 9.91. The number of hydrogen-bond donors (Lipinski definition) is 1. The van der Waals surface area contributed by atoms with Gasteiger partial charge in [-0.3, -0.25) is 14.5 Å². The maximum Gasteiger partial charge on any atom is 0.387 e. The van der Waals surface area contributed by atoms with Crippen LogP contribution in [-0.4, -0.2) is 43.5 Å². The molecule has 2 aliphatic rings. The molecule has 0 radical (unpaired) electrons. The Morgan fingerprint density at radius 2 is 1.95 bits per heavy atom. The molecule has 1 N–H and O–H groups in total. The van der Waals surface area contributed by atoms with Gasteiger partial charge in [-0.25, -0.2) is 9.37 Å². The van der Waals surface area contributed by atoms with Crippen LogP contribution in [-0.2, 0) is 4.79 Å². The minimum Gasteiger partial charge on any atom is -0.497 e. The van der Waals surface area contributed by atoms with Gasteiger partial charge in [-0.1, -0.05) is 6.07 Å². The molecular weight excluding hydrogens is 554 g/mol. The first-order valence-electron chi connectivity index (χ1n) is 13.2. The molecule has 0 saturated carbocycles. The molecule has 5 rings (SSSR count). The Labute approximate surface area is 237 Å². The number of Topliss-reactive ketones (excluding diaryl/α,β-unsaturated/α-hetero) is 1. The zero-order chi connectivity index (χ0) is 29.1. The molecule has 41 heavy (non-hydrogen) atoms. The predicted molar refractivity (Wildman–Crippen MR) is 152 cm³/mol. The second-order valence-corrected chi connectivity index (χ2v) is 10.5. The van der Waals surface area contributed by atoms with Crippen LogP contribution in [0.4, 0.5) is 19.0 Å². The number of pyridine rings is 1. The summed E-state index contributed by atoms with van der Waals surface area (Å²) in [5, 5.41) is 3.74. The van der Waals surface area contributed by atoms with Gasteiger partial charge in [-0.05, 0) is 66.2 Å². The number of nitrogens with one attached hydrogen (secondary N) is 1. The van der Waals surface area contributed by atoms with Crippen molar-refractivity contribution >= 4 is 37.6 Å². The Balaban J connectivity index is 1.48. The van der Waals surface area contributed by atoms with E-state index in [-0.39, 0.29) is 36.0 Å². The molecule has 1 aromatic heterocycles. The van der Waals surface area contributed by atoms with E-state index in [1.165, 1.54) is 42.3 Å². The number of methoxy groups -OCH3 is 1. The summed E-state index contributed by atoms with van der Waals surface area (Å²) < 4.78 is 50.1. The van der Waals surface area contributed by atoms with E-state index in [4.69, 9.17) is 9.72 Å². The fraction of sp³-hybridized carbons (Fsp3) is 0.300. The number of carbonyl (C=O) groups excluding carboxylic acids is 2. The van der Waals surface area contributed by atoms with Crippen molar-refractivity contribution < 1.29 is 32.2 Å². The zero-order valence-corrected chi connectivity index (χ0v) is 23.4. The lowest BCUT2D eigenvalue weighted by molar-refractivity contribution is -0.120. The SMILES string of the molecule is COc1cc(F)c([C@@H]2CN(c3cccc(C4=CNCCC4)n3)C(=O)[C@H]2CC(=O)c2ccc(OC(F)F)cc2)c(P)c1. The molecular formula is C30H29F3N3O4P. The normalized spacial score (nSPS) is 18.7. The first kappa shape index (κ1) is 28.6. The molecule has 214 valence electrons. The van der Waals surface area contributed by atoms with E-state index in [0.29, 0.717) is 22.4 Å². The van der Waals surface area contributed by atoms with Crippen molar-refractivity contribution in [1.29, 1.82) is 0 Å². The number of allylic oxidation sites excluding steroid dienone is 1. The van der Waals surface area contributed by atoms with Crippen LogP contribution in [0.25, 0.3) is 5.57 Å². The fourth-order valence-electron chi connectivity index (χ4n) is 5.38. The van der Waals surface area contributed by atoms with Crippen LogP contribution in [0, 0.1) is 11.7 Å². The average Bonchev–Trinajstić information content (AvgIpc) is 3.28. The second kappa shape index (κ2) is 12.3. The molecule has 1 saturated heterocycles. The highest BCUT2D eigenvalue weighted by Gasteiger charge is 2.45. The van der Waals surface area contributed by atoms with Crippen molar-refractivity contribution in [1.82, 2.24) is 10.3 Å². The first-order chi connectivity index (χ1) is 19.7. The van der Waals surface area contributed by atoms with Crippen LogP contribution in [0.15, 0.2) is 60.8 Å². The standard InChI is InChI=1S/C30H29F3N3O4P/c1-39-20-12-23(31)28(26(41)13-20)22-16-36(27-6-2-5-24(35-27)18-4-3-11-34-15-18)29(38)21(22)14-25(37)17-7-9-19(10-8-17)40-30(32)33/h2,5-10,12-13,15,21-22,30,34H,3-4,11,14,16,41H2,1H3/t21-,22+/m0/s1.